The van der Waals surface area contributed by atoms with Crippen molar-refractivity contribution in [3.05, 3.63) is 0 Å². The van der Waals surface area contributed by atoms with Crippen molar-refractivity contribution in [3.8, 4) is 0 Å². The number of aliphatic carboxylic acids is 1. The Bertz CT molecular complexity index is 557. The second kappa shape index (κ2) is 13.9. The highest BCUT2D eigenvalue weighted by molar-refractivity contribution is 5.93. The first-order valence-electron chi connectivity index (χ1n) is 9.73. The summed E-state index contributed by atoms with van der Waals surface area (Å²) < 4.78 is 0. The average molecular weight is 418 g/mol. The summed E-state index contributed by atoms with van der Waals surface area (Å²) in [7, 11) is 0. The number of hydrogen-bond donors (Lipinski definition) is 7. The first-order chi connectivity index (χ1) is 13.5. The van der Waals surface area contributed by atoms with Crippen LogP contribution in [0.3, 0.4) is 0 Å². The summed E-state index contributed by atoms with van der Waals surface area (Å²) >= 11 is 0. The number of nitrogens with two attached hydrogens (primary N) is 2. The predicted octanol–water partition coefficient (Wildman–Crippen LogP) is -1.96. The summed E-state index contributed by atoms with van der Waals surface area (Å²) in [5.74, 6) is -3.06. The second-order valence-electron chi connectivity index (χ2n) is 7.39. The maximum absolute atomic E-state index is 12.6. The lowest BCUT2D eigenvalue weighted by Crippen LogP contribution is -2.56. The molecule has 11 heteroatoms. The maximum Gasteiger partial charge on any atom is 0.326 e. The molecule has 0 heterocycles. The van der Waals surface area contributed by atoms with E-state index in [-0.39, 0.29) is 18.8 Å². The standard InChI is InChI=1S/C18H35N5O6/c1-10(2)8-14(18(28)29)23-17(27)13(6-4-5-7-19)22-15(25)11(3)21-16(26)12(20)9-24/h10-14,24H,4-9,19-20H2,1-3H3,(H,21,26)(H,22,25)(H,23,27)(H,28,29). The van der Waals surface area contributed by atoms with Crippen LogP contribution >= 0.6 is 0 Å². The SMILES string of the molecule is CC(C)CC(NC(=O)C(CCCCN)NC(=O)C(C)NC(=O)C(N)CO)C(=O)O. The quantitative estimate of drug-likeness (QED) is 0.158. The minimum atomic E-state index is -1.17. The first-order valence-corrected chi connectivity index (χ1v) is 9.73. The molecule has 3 amide bonds. The molecule has 0 aromatic heterocycles. The fraction of sp³-hybridized carbons (Fsp3) is 0.778. The number of amides is 3. The number of nitrogens with one attached hydrogen (secondary N) is 3. The van der Waals surface area contributed by atoms with E-state index < -0.39 is 54.5 Å². The zero-order chi connectivity index (χ0) is 22.6. The zero-order valence-electron chi connectivity index (χ0n) is 17.3. The minimum absolute atomic E-state index is 0.0487. The Morgan fingerprint density at radius 2 is 1.48 bits per heavy atom. The van der Waals surface area contributed by atoms with E-state index in [2.05, 4.69) is 16.0 Å². The molecular formula is C18H35N5O6. The topological polar surface area (TPSA) is 197 Å². The monoisotopic (exact) mass is 417 g/mol. The molecule has 0 saturated heterocycles. The van der Waals surface area contributed by atoms with Gasteiger partial charge in [0.05, 0.1) is 6.61 Å². The predicted molar refractivity (Wildman–Crippen MR) is 107 cm³/mol. The van der Waals surface area contributed by atoms with Gasteiger partial charge < -0.3 is 37.6 Å². The van der Waals surface area contributed by atoms with Crippen molar-refractivity contribution in [1.82, 2.24) is 16.0 Å². The van der Waals surface area contributed by atoms with Crippen molar-refractivity contribution < 1.29 is 29.4 Å². The largest absolute Gasteiger partial charge is 0.480 e. The van der Waals surface area contributed by atoms with E-state index in [1.165, 1.54) is 6.92 Å². The number of aliphatic hydroxyl groups excluding tert-OH is 1. The summed E-state index contributed by atoms with van der Waals surface area (Å²) in [6.45, 7) is 4.93. The molecule has 0 saturated carbocycles. The molecule has 0 aliphatic rings. The highest BCUT2D eigenvalue weighted by Crippen LogP contribution is 2.07. The Labute approximate surface area is 171 Å². The number of hydrogen-bond acceptors (Lipinski definition) is 7. The van der Waals surface area contributed by atoms with Crippen LogP contribution in [0.15, 0.2) is 0 Å². The molecule has 0 aromatic rings. The number of unbranched alkanes of at least 4 members (excludes halogenated alkanes) is 1. The number of carbonyl (C=O) groups is 4. The van der Waals surface area contributed by atoms with E-state index >= 15 is 0 Å². The molecule has 0 fully saturated rings. The van der Waals surface area contributed by atoms with Crippen LogP contribution in [0.4, 0.5) is 0 Å². The molecule has 0 bridgehead atoms. The molecule has 0 radical (unpaired) electrons. The third-order valence-corrected chi connectivity index (χ3v) is 4.19. The normalized spacial score (nSPS) is 15.1. The van der Waals surface area contributed by atoms with Crippen LogP contribution in [-0.4, -0.2) is 71.2 Å². The molecule has 0 aliphatic heterocycles. The average Bonchev–Trinajstić information content (AvgIpc) is 2.65. The lowest BCUT2D eigenvalue weighted by molar-refractivity contribution is -0.142. The van der Waals surface area contributed by atoms with Gasteiger partial charge in [-0.25, -0.2) is 4.79 Å². The lowest BCUT2D eigenvalue weighted by atomic mass is 10.0. The fourth-order valence-corrected chi connectivity index (χ4v) is 2.49. The van der Waals surface area contributed by atoms with E-state index in [4.69, 9.17) is 16.6 Å². The highest BCUT2D eigenvalue weighted by Gasteiger charge is 2.28. The summed E-state index contributed by atoms with van der Waals surface area (Å²) in [6.07, 6.45) is 1.69. The van der Waals surface area contributed by atoms with Crippen LogP contribution < -0.4 is 27.4 Å². The number of carboxylic acid groups (broad SMARTS) is 1. The van der Waals surface area contributed by atoms with E-state index in [1.54, 1.807) is 0 Å². The van der Waals surface area contributed by atoms with Crippen LogP contribution in [0.1, 0.15) is 46.5 Å². The summed E-state index contributed by atoms with van der Waals surface area (Å²) in [4.78, 5) is 48.1. The summed E-state index contributed by atoms with van der Waals surface area (Å²) in [5.41, 5.74) is 10.9. The molecule has 0 aromatic carbocycles. The Kier molecular flexibility index (Phi) is 12.8. The molecule has 4 atom stereocenters. The maximum atomic E-state index is 12.6. The number of carbonyl (C=O) groups excluding carboxylic acids is 3. The Morgan fingerprint density at radius 3 is 1.97 bits per heavy atom. The molecular weight excluding hydrogens is 382 g/mol. The molecule has 168 valence electrons. The van der Waals surface area contributed by atoms with E-state index in [0.717, 1.165) is 0 Å². The van der Waals surface area contributed by atoms with Gasteiger partial charge in [0.2, 0.25) is 17.7 Å². The van der Waals surface area contributed by atoms with E-state index in [1.807, 2.05) is 13.8 Å². The number of carboxylic acids is 1. The molecule has 0 aliphatic carbocycles. The first kappa shape index (κ1) is 26.8. The van der Waals surface area contributed by atoms with Crippen molar-refractivity contribution in [2.45, 2.75) is 70.6 Å². The Morgan fingerprint density at radius 1 is 0.897 bits per heavy atom. The molecule has 4 unspecified atom stereocenters. The molecule has 9 N–H and O–H groups in total. The zero-order valence-corrected chi connectivity index (χ0v) is 17.3. The molecule has 0 spiro atoms. The lowest BCUT2D eigenvalue weighted by Gasteiger charge is -2.24. The third-order valence-electron chi connectivity index (χ3n) is 4.19. The van der Waals surface area contributed by atoms with Gasteiger partial charge in [-0.2, -0.15) is 0 Å². The second-order valence-corrected chi connectivity index (χ2v) is 7.39. The van der Waals surface area contributed by atoms with E-state index in [0.29, 0.717) is 19.4 Å². The van der Waals surface area contributed by atoms with Crippen LogP contribution in [0.25, 0.3) is 0 Å². The number of rotatable bonds is 14. The Balaban J connectivity index is 5.09. The van der Waals surface area contributed by atoms with Crippen LogP contribution in [0.2, 0.25) is 0 Å². The molecule has 29 heavy (non-hydrogen) atoms. The van der Waals surface area contributed by atoms with Crippen LogP contribution in [-0.2, 0) is 19.2 Å². The third kappa shape index (κ3) is 10.8. The van der Waals surface area contributed by atoms with Gasteiger partial charge in [-0.15, -0.1) is 0 Å². The highest BCUT2D eigenvalue weighted by atomic mass is 16.4. The van der Waals surface area contributed by atoms with Gasteiger partial charge in [0, 0.05) is 0 Å². The molecule has 0 rings (SSSR count). The van der Waals surface area contributed by atoms with Gasteiger partial charge in [0.1, 0.15) is 24.2 Å². The van der Waals surface area contributed by atoms with Gasteiger partial charge in [0.25, 0.3) is 0 Å². The van der Waals surface area contributed by atoms with Crippen molar-refractivity contribution in [1.29, 1.82) is 0 Å². The van der Waals surface area contributed by atoms with Crippen molar-refractivity contribution in [3.63, 3.8) is 0 Å². The summed E-state index contributed by atoms with van der Waals surface area (Å²) in [5, 5.41) is 25.5. The van der Waals surface area contributed by atoms with Gasteiger partial charge in [-0.3, -0.25) is 14.4 Å². The van der Waals surface area contributed by atoms with Crippen LogP contribution in [0.5, 0.6) is 0 Å². The van der Waals surface area contributed by atoms with Crippen LogP contribution in [0, 0.1) is 5.92 Å². The Hall–Kier alpha value is -2.24. The molecule has 11 nitrogen and oxygen atoms in total. The van der Waals surface area contributed by atoms with Crippen molar-refractivity contribution in [2.24, 2.45) is 17.4 Å². The van der Waals surface area contributed by atoms with Gasteiger partial charge in [-0.1, -0.05) is 13.8 Å². The minimum Gasteiger partial charge on any atom is -0.480 e. The smallest absolute Gasteiger partial charge is 0.326 e. The van der Waals surface area contributed by atoms with Crippen molar-refractivity contribution in [2.75, 3.05) is 13.2 Å². The number of aliphatic hydroxyl groups is 1. The van der Waals surface area contributed by atoms with Gasteiger partial charge in [0.15, 0.2) is 0 Å². The van der Waals surface area contributed by atoms with Gasteiger partial charge >= 0.3 is 5.97 Å². The summed E-state index contributed by atoms with van der Waals surface area (Å²) in [6, 6.07) is -4.22. The van der Waals surface area contributed by atoms with Gasteiger partial charge in [-0.05, 0) is 45.1 Å². The van der Waals surface area contributed by atoms with Crippen molar-refractivity contribution >= 4 is 23.7 Å². The van der Waals surface area contributed by atoms with E-state index in [9.17, 15) is 24.3 Å². The fourth-order valence-electron chi connectivity index (χ4n) is 2.49.